The van der Waals surface area contributed by atoms with Crippen LogP contribution in [0.25, 0.3) is 10.4 Å². The summed E-state index contributed by atoms with van der Waals surface area (Å²) < 4.78 is 27.1. The summed E-state index contributed by atoms with van der Waals surface area (Å²) in [5, 5.41) is 2.81. The molecule has 0 saturated heterocycles. The molecule has 0 aliphatic heterocycles. The Morgan fingerprint density at radius 1 is 1.00 bits per heavy atom. The third kappa shape index (κ3) is 4.27. The lowest BCUT2D eigenvalue weighted by Crippen LogP contribution is -2.34. The molecule has 0 fully saturated rings. The highest BCUT2D eigenvalue weighted by molar-refractivity contribution is 7.89. The Labute approximate surface area is 174 Å². The van der Waals surface area contributed by atoms with Gasteiger partial charge in [-0.3, -0.25) is 4.79 Å². The van der Waals surface area contributed by atoms with Crippen LogP contribution in [0.4, 0.5) is 0 Å². The second-order valence-corrected chi connectivity index (χ2v) is 9.91. The van der Waals surface area contributed by atoms with Gasteiger partial charge in [-0.05, 0) is 54.7 Å². The molecule has 1 aliphatic rings. The van der Waals surface area contributed by atoms with E-state index in [2.05, 4.69) is 22.2 Å². The lowest BCUT2D eigenvalue weighted by atomic mass is 9.91. The van der Waals surface area contributed by atoms with Crippen molar-refractivity contribution in [3.8, 4) is 10.4 Å². The van der Waals surface area contributed by atoms with Gasteiger partial charge in [0.1, 0.15) is 0 Å². The van der Waals surface area contributed by atoms with E-state index in [9.17, 15) is 13.2 Å². The predicted octanol–water partition coefficient (Wildman–Crippen LogP) is 3.53. The van der Waals surface area contributed by atoms with Crippen molar-refractivity contribution in [2.45, 2.75) is 24.7 Å². The van der Waals surface area contributed by atoms with Crippen molar-refractivity contribution in [2.75, 3.05) is 13.1 Å². The Kier molecular flexibility index (Phi) is 5.54. The first-order chi connectivity index (χ1) is 13.9. The molecule has 1 amide bonds. The maximum atomic E-state index is 12.5. The zero-order chi connectivity index (χ0) is 20.4. The normalized spacial score (nSPS) is 12.9. The molecule has 1 heterocycles. The van der Waals surface area contributed by atoms with Crippen LogP contribution in [0.5, 0.6) is 0 Å². The van der Waals surface area contributed by atoms with E-state index in [0.29, 0.717) is 4.88 Å². The molecule has 4 rings (SSSR count). The van der Waals surface area contributed by atoms with Gasteiger partial charge in [0.2, 0.25) is 10.0 Å². The Balaban J connectivity index is 1.35. The van der Waals surface area contributed by atoms with Crippen molar-refractivity contribution in [3.63, 3.8) is 0 Å². The molecule has 3 aromatic rings. The molecule has 1 aromatic heterocycles. The quantitative estimate of drug-likeness (QED) is 0.592. The SMILES string of the molecule is Cc1ccc(S(=O)(=O)NCCNC(=O)c2cc3c(s2)-c2ccccc2CC3)cc1. The number of amides is 1. The molecule has 0 bridgehead atoms. The lowest BCUT2D eigenvalue weighted by Gasteiger charge is -2.15. The van der Waals surface area contributed by atoms with E-state index in [4.69, 9.17) is 0 Å². The summed E-state index contributed by atoms with van der Waals surface area (Å²) in [6.07, 6.45) is 1.92. The van der Waals surface area contributed by atoms with Gasteiger partial charge in [-0.1, -0.05) is 42.0 Å². The smallest absolute Gasteiger partial charge is 0.261 e. The van der Waals surface area contributed by atoms with Gasteiger partial charge in [0, 0.05) is 18.0 Å². The first-order valence-corrected chi connectivity index (χ1v) is 11.8. The maximum Gasteiger partial charge on any atom is 0.261 e. The average molecular weight is 427 g/mol. The summed E-state index contributed by atoms with van der Waals surface area (Å²) in [4.78, 5) is 14.6. The lowest BCUT2D eigenvalue weighted by molar-refractivity contribution is 0.0958. The number of rotatable bonds is 6. The van der Waals surface area contributed by atoms with Gasteiger partial charge in [0.05, 0.1) is 9.77 Å². The Morgan fingerprint density at radius 2 is 1.72 bits per heavy atom. The molecular weight excluding hydrogens is 404 g/mol. The van der Waals surface area contributed by atoms with Crippen LogP contribution in [-0.2, 0) is 22.9 Å². The van der Waals surface area contributed by atoms with E-state index in [1.165, 1.54) is 28.0 Å². The van der Waals surface area contributed by atoms with Gasteiger partial charge in [-0.25, -0.2) is 13.1 Å². The summed E-state index contributed by atoms with van der Waals surface area (Å²) in [6.45, 7) is 2.26. The number of benzene rings is 2. The number of hydrogen-bond acceptors (Lipinski definition) is 4. The number of thiophene rings is 1. The highest BCUT2D eigenvalue weighted by atomic mass is 32.2. The van der Waals surface area contributed by atoms with Crippen LogP contribution in [0.2, 0.25) is 0 Å². The molecule has 150 valence electrons. The van der Waals surface area contributed by atoms with E-state index in [1.807, 2.05) is 25.1 Å². The van der Waals surface area contributed by atoms with Gasteiger partial charge in [0.25, 0.3) is 5.91 Å². The van der Waals surface area contributed by atoms with Crippen molar-refractivity contribution in [3.05, 3.63) is 76.2 Å². The third-order valence-corrected chi connectivity index (χ3v) is 7.68. The molecule has 7 heteroatoms. The molecule has 2 aromatic carbocycles. The molecule has 0 spiro atoms. The highest BCUT2D eigenvalue weighted by Gasteiger charge is 2.21. The van der Waals surface area contributed by atoms with Crippen LogP contribution >= 0.6 is 11.3 Å². The van der Waals surface area contributed by atoms with Gasteiger partial charge < -0.3 is 5.32 Å². The zero-order valence-corrected chi connectivity index (χ0v) is 17.7. The van der Waals surface area contributed by atoms with Crippen LogP contribution in [0.1, 0.15) is 26.4 Å². The molecule has 0 unspecified atom stereocenters. The van der Waals surface area contributed by atoms with Crippen molar-refractivity contribution < 1.29 is 13.2 Å². The Morgan fingerprint density at radius 3 is 2.52 bits per heavy atom. The number of carbonyl (C=O) groups is 1. The van der Waals surface area contributed by atoms with E-state index < -0.39 is 10.0 Å². The van der Waals surface area contributed by atoms with Crippen LogP contribution in [-0.4, -0.2) is 27.4 Å². The first kappa shape index (κ1) is 19.8. The first-order valence-electron chi connectivity index (χ1n) is 9.49. The highest BCUT2D eigenvalue weighted by Crippen LogP contribution is 2.39. The minimum Gasteiger partial charge on any atom is -0.350 e. The second kappa shape index (κ2) is 8.10. The van der Waals surface area contributed by atoms with E-state index in [0.717, 1.165) is 23.3 Å². The number of hydrogen-bond donors (Lipinski definition) is 2. The molecule has 0 saturated carbocycles. The van der Waals surface area contributed by atoms with E-state index in [-0.39, 0.29) is 23.9 Å². The number of sulfonamides is 1. The van der Waals surface area contributed by atoms with Gasteiger partial charge in [-0.2, -0.15) is 0 Å². The average Bonchev–Trinajstić information content (AvgIpc) is 3.16. The number of fused-ring (bicyclic) bond motifs is 3. The Hall–Kier alpha value is -2.48. The number of aryl methyl sites for hydroxylation is 3. The molecule has 29 heavy (non-hydrogen) atoms. The fraction of sp³-hybridized carbons (Fsp3) is 0.227. The van der Waals surface area contributed by atoms with E-state index in [1.54, 1.807) is 24.3 Å². The topological polar surface area (TPSA) is 75.3 Å². The minimum absolute atomic E-state index is 0.135. The second-order valence-electron chi connectivity index (χ2n) is 7.09. The fourth-order valence-electron chi connectivity index (χ4n) is 3.43. The fourth-order valence-corrected chi connectivity index (χ4v) is 5.65. The summed E-state index contributed by atoms with van der Waals surface area (Å²) in [6, 6.07) is 16.9. The number of nitrogens with one attached hydrogen (secondary N) is 2. The van der Waals surface area contributed by atoms with Crippen molar-refractivity contribution in [1.29, 1.82) is 0 Å². The van der Waals surface area contributed by atoms with Crippen LogP contribution < -0.4 is 10.0 Å². The molecule has 5 nitrogen and oxygen atoms in total. The monoisotopic (exact) mass is 426 g/mol. The van der Waals surface area contributed by atoms with Crippen molar-refractivity contribution in [1.82, 2.24) is 10.0 Å². The van der Waals surface area contributed by atoms with Gasteiger partial charge in [0.15, 0.2) is 0 Å². The molecule has 1 aliphatic carbocycles. The van der Waals surface area contributed by atoms with Crippen LogP contribution in [0.15, 0.2) is 59.5 Å². The van der Waals surface area contributed by atoms with Crippen molar-refractivity contribution >= 4 is 27.3 Å². The van der Waals surface area contributed by atoms with Crippen molar-refractivity contribution in [2.24, 2.45) is 0 Å². The standard InChI is InChI=1S/C22H22N2O3S2/c1-15-6-10-18(11-7-15)29(26,27)24-13-12-23-22(25)20-14-17-9-8-16-4-2-3-5-19(16)21(17)28-20/h2-7,10-11,14,24H,8-9,12-13H2,1H3,(H,23,25). The third-order valence-electron chi connectivity index (χ3n) is 4.99. The summed E-state index contributed by atoms with van der Waals surface area (Å²) in [5.41, 5.74) is 4.74. The largest absolute Gasteiger partial charge is 0.350 e. The minimum atomic E-state index is -3.57. The predicted molar refractivity (Wildman–Crippen MR) is 116 cm³/mol. The summed E-state index contributed by atoms with van der Waals surface area (Å²) in [7, 11) is -3.57. The molecule has 0 atom stereocenters. The summed E-state index contributed by atoms with van der Waals surface area (Å²) >= 11 is 1.50. The molecule has 2 N–H and O–H groups in total. The summed E-state index contributed by atoms with van der Waals surface area (Å²) in [5.74, 6) is -0.170. The van der Waals surface area contributed by atoms with Gasteiger partial charge >= 0.3 is 0 Å². The Bertz CT molecular complexity index is 1150. The maximum absolute atomic E-state index is 12.5. The zero-order valence-electron chi connectivity index (χ0n) is 16.1. The van der Waals surface area contributed by atoms with Crippen LogP contribution in [0.3, 0.4) is 0 Å². The van der Waals surface area contributed by atoms with E-state index >= 15 is 0 Å². The molecular formula is C22H22N2O3S2. The van der Waals surface area contributed by atoms with Crippen LogP contribution in [0, 0.1) is 6.92 Å². The van der Waals surface area contributed by atoms with Gasteiger partial charge in [-0.15, -0.1) is 11.3 Å². The molecule has 0 radical (unpaired) electrons. The number of carbonyl (C=O) groups excluding carboxylic acids is 1.